The smallest absolute Gasteiger partial charge is 0.228 e. The number of rotatable bonds is 4. The first-order valence-corrected chi connectivity index (χ1v) is 5.71. The Morgan fingerprint density at radius 3 is 2.94 bits per heavy atom. The van der Waals surface area contributed by atoms with E-state index in [2.05, 4.69) is 15.5 Å². The molecule has 1 aromatic carbocycles. The molecule has 0 amide bonds. The zero-order valence-electron chi connectivity index (χ0n) is 9.70. The molecular weight excluding hydrogens is 259 g/mol. The zero-order chi connectivity index (χ0) is 13.1. The van der Waals surface area contributed by atoms with Crippen molar-refractivity contribution in [3.63, 3.8) is 0 Å². The first kappa shape index (κ1) is 12.6. The highest BCUT2D eigenvalue weighted by atomic mass is 35.5. The molecule has 0 saturated carbocycles. The Kier molecular flexibility index (Phi) is 3.66. The van der Waals surface area contributed by atoms with E-state index in [9.17, 15) is 4.39 Å². The van der Waals surface area contributed by atoms with Gasteiger partial charge in [0.1, 0.15) is 5.82 Å². The highest BCUT2D eigenvalue weighted by Gasteiger charge is 2.07. The topological polar surface area (TPSA) is 77.0 Å². The molecule has 0 saturated heterocycles. The van der Waals surface area contributed by atoms with Gasteiger partial charge in [-0.15, -0.1) is 0 Å². The molecule has 0 unspecified atom stereocenters. The number of hydrogen-bond acceptors (Lipinski definition) is 5. The fraction of sp³-hybridized carbons (Fsp3) is 0.273. The van der Waals surface area contributed by atoms with Crippen LogP contribution in [0.4, 0.5) is 15.8 Å². The molecule has 7 heteroatoms. The minimum Gasteiger partial charge on any atom is -0.397 e. The van der Waals surface area contributed by atoms with Gasteiger partial charge in [0.05, 0.1) is 16.4 Å². The Morgan fingerprint density at radius 2 is 2.28 bits per heavy atom. The molecule has 2 aromatic rings. The molecule has 0 radical (unpaired) electrons. The van der Waals surface area contributed by atoms with Crippen LogP contribution in [0.2, 0.25) is 5.02 Å². The van der Waals surface area contributed by atoms with Gasteiger partial charge in [-0.3, -0.25) is 0 Å². The van der Waals surface area contributed by atoms with E-state index in [4.69, 9.17) is 21.9 Å². The van der Waals surface area contributed by atoms with E-state index >= 15 is 0 Å². The summed E-state index contributed by atoms with van der Waals surface area (Å²) in [6, 6.07) is 2.63. The summed E-state index contributed by atoms with van der Waals surface area (Å²) in [5, 5.41) is 6.74. The van der Waals surface area contributed by atoms with Crippen LogP contribution in [0.5, 0.6) is 0 Å². The van der Waals surface area contributed by atoms with Gasteiger partial charge in [0.25, 0.3) is 0 Å². The largest absolute Gasteiger partial charge is 0.397 e. The maximum absolute atomic E-state index is 13.1. The maximum Gasteiger partial charge on any atom is 0.228 e. The van der Waals surface area contributed by atoms with Crippen LogP contribution in [0, 0.1) is 12.7 Å². The van der Waals surface area contributed by atoms with Gasteiger partial charge in [0, 0.05) is 19.0 Å². The average Bonchev–Trinajstić information content (AvgIpc) is 2.71. The molecule has 0 aliphatic carbocycles. The van der Waals surface area contributed by atoms with E-state index in [-0.39, 0.29) is 5.02 Å². The molecule has 96 valence electrons. The van der Waals surface area contributed by atoms with Gasteiger partial charge >= 0.3 is 0 Å². The summed E-state index contributed by atoms with van der Waals surface area (Å²) >= 11 is 5.67. The Hall–Kier alpha value is -1.82. The fourth-order valence-electron chi connectivity index (χ4n) is 1.46. The second kappa shape index (κ2) is 5.22. The van der Waals surface area contributed by atoms with Crippen molar-refractivity contribution in [2.24, 2.45) is 0 Å². The van der Waals surface area contributed by atoms with Crippen molar-refractivity contribution in [1.29, 1.82) is 0 Å². The summed E-state index contributed by atoms with van der Waals surface area (Å²) in [4.78, 5) is 4.06. The van der Waals surface area contributed by atoms with E-state index in [1.54, 1.807) is 6.92 Å². The van der Waals surface area contributed by atoms with Gasteiger partial charge in [0.15, 0.2) is 5.82 Å². The lowest BCUT2D eigenvalue weighted by Crippen LogP contribution is -2.07. The van der Waals surface area contributed by atoms with Crippen molar-refractivity contribution in [3.05, 3.63) is 34.7 Å². The van der Waals surface area contributed by atoms with Crippen molar-refractivity contribution in [1.82, 2.24) is 10.1 Å². The lowest BCUT2D eigenvalue weighted by Gasteiger charge is -2.09. The molecule has 1 heterocycles. The number of benzene rings is 1. The third kappa shape index (κ3) is 2.89. The van der Waals surface area contributed by atoms with Crippen LogP contribution >= 0.6 is 11.6 Å². The van der Waals surface area contributed by atoms with Crippen molar-refractivity contribution in [2.45, 2.75) is 13.3 Å². The number of nitrogen functional groups attached to an aromatic ring is 1. The summed E-state index contributed by atoms with van der Waals surface area (Å²) in [7, 11) is 0. The van der Waals surface area contributed by atoms with Crippen LogP contribution in [0.3, 0.4) is 0 Å². The number of hydrogen-bond donors (Lipinski definition) is 2. The lowest BCUT2D eigenvalue weighted by atomic mass is 10.2. The first-order valence-electron chi connectivity index (χ1n) is 5.34. The van der Waals surface area contributed by atoms with Gasteiger partial charge in [0.2, 0.25) is 5.89 Å². The van der Waals surface area contributed by atoms with E-state index in [1.807, 2.05) is 0 Å². The molecule has 0 aliphatic rings. The molecule has 18 heavy (non-hydrogen) atoms. The van der Waals surface area contributed by atoms with Crippen molar-refractivity contribution in [3.8, 4) is 0 Å². The van der Waals surface area contributed by atoms with Crippen LogP contribution < -0.4 is 11.1 Å². The minimum absolute atomic E-state index is 0.0281. The molecule has 0 bridgehead atoms. The standard InChI is InChI=1S/C11H12ClFN4O/c1-6-16-11(18-17-6)2-3-15-10-4-7(12)8(13)5-9(10)14/h4-5,15H,2-3,14H2,1H3. The second-order valence-electron chi connectivity index (χ2n) is 3.77. The Morgan fingerprint density at radius 1 is 1.50 bits per heavy atom. The maximum atomic E-state index is 13.1. The zero-order valence-corrected chi connectivity index (χ0v) is 10.5. The van der Waals surface area contributed by atoms with E-state index in [1.165, 1.54) is 12.1 Å². The lowest BCUT2D eigenvalue weighted by molar-refractivity contribution is 0.377. The number of aromatic nitrogens is 2. The number of nitrogens with one attached hydrogen (secondary N) is 1. The predicted molar refractivity (Wildman–Crippen MR) is 67.1 cm³/mol. The number of nitrogens with zero attached hydrogens (tertiary/aromatic N) is 2. The summed E-state index contributed by atoms with van der Waals surface area (Å²) in [5.74, 6) is 0.591. The average molecular weight is 271 g/mol. The van der Waals surface area contributed by atoms with Crippen LogP contribution in [0.1, 0.15) is 11.7 Å². The van der Waals surface area contributed by atoms with Crippen molar-refractivity contribution >= 4 is 23.0 Å². The van der Waals surface area contributed by atoms with Crippen molar-refractivity contribution < 1.29 is 8.91 Å². The van der Waals surface area contributed by atoms with Crippen molar-refractivity contribution in [2.75, 3.05) is 17.6 Å². The molecule has 2 rings (SSSR count). The number of halogens is 2. The minimum atomic E-state index is -0.535. The quantitative estimate of drug-likeness (QED) is 0.834. The van der Waals surface area contributed by atoms with E-state index in [0.717, 1.165) is 0 Å². The Balaban J connectivity index is 1.96. The highest BCUT2D eigenvalue weighted by Crippen LogP contribution is 2.26. The summed E-state index contributed by atoms with van der Waals surface area (Å²) in [6.07, 6.45) is 0.551. The Bertz CT molecular complexity index is 558. The third-order valence-corrected chi connectivity index (χ3v) is 2.61. The third-order valence-electron chi connectivity index (χ3n) is 2.32. The molecule has 0 aliphatic heterocycles. The molecule has 1 aromatic heterocycles. The monoisotopic (exact) mass is 270 g/mol. The van der Waals surface area contributed by atoms with Crippen LogP contribution in [-0.2, 0) is 6.42 Å². The number of aryl methyl sites for hydroxylation is 1. The predicted octanol–water partition coefficient (Wildman–Crippen LogP) is 2.41. The summed E-state index contributed by atoms with van der Waals surface area (Å²) in [5.41, 5.74) is 6.55. The molecule has 5 nitrogen and oxygen atoms in total. The van der Waals surface area contributed by atoms with Gasteiger partial charge in [-0.05, 0) is 13.0 Å². The van der Waals surface area contributed by atoms with Gasteiger partial charge in [-0.2, -0.15) is 4.98 Å². The van der Waals surface area contributed by atoms with Crippen LogP contribution in [-0.4, -0.2) is 16.7 Å². The van der Waals surface area contributed by atoms with Crippen LogP contribution in [0.25, 0.3) is 0 Å². The molecule has 0 spiro atoms. The number of anilines is 2. The highest BCUT2D eigenvalue weighted by molar-refractivity contribution is 6.31. The second-order valence-corrected chi connectivity index (χ2v) is 4.17. The fourth-order valence-corrected chi connectivity index (χ4v) is 1.62. The van der Waals surface area contributed by atoms with E-state index in [0.29, 0.717) is 36.1 Å². The SMILES string of the molecule is Cc1noc(CCNc2cc(Cl)c(F)cc2N)n1. The Labute approximate surface area is 108 Å². The molecular formula is C11H12ClFN4O. The normalized spacial score (nSPS) is 10.6. The molecule has 0 fully saturated rings. The van der Waals surface area contributed by atoms with Gasteiger partial charge in [-0.25, -0.2) is 4.39 Å². The van der Waals surface area contributed by atoms with Gasteiger partial charge in [-0.1, -0.05) is 16.8 Å². The van der Waals surface area contributed by atoms with E-state index < -0.39 is 5.82 Å². The number of nitrogens with two attached hydrogens (primary N) is 1. The summed E-state index contributed by atoms with van der Waals surface area (Å²) < 4.78 is 18.0. The van der Waals surface area contributed by atoms with Gasteiger partial charge < -0.3 is 15.6 Å². The van der Waals surface area contributed by atoms with Crippen LogP contribution in [0.15, 0.2) is 16.7 Å². The summed E-state index contributed by atoms with van der Waals surface area (Å²) in [6.45, 7) is 2.28. The molecule has 3 N–H and O–H groups in total. The first-order chi connectivity index (χ1) is 8.56. The molecule has 0 atom stereocenters.